The normalized spacial score (nSPS) is 15.1. The number of aromatic nitrogens is 3. The monoisotopic (exact) mass is 363 g/mol. The van der Waals surface area contributed by atoms with E-state index < -0.39 is 0 Å². The molecule has 27 heavy (non-hydrogen) atoms. The van der Waals surface area contributed by atoms with Gasteiger partial charge < -0.3 is 14.8 Å². The van der Waals surface area contributed by atoms with Crippen molar-refractivity contribution >= 4 is 28.9 Å². The molecule has 2 amide bonds. The van der Waals surface area contributed by atoms with Crippen LogP contribution in [-0.2, 0) is 11.8 Å². The molecule has 0 radical (unpaired) electrons. The summed E-state index contributed by atoms with van der Waals surface area (Å²) < 4.78 is 2.12. The van der Waals surface area contributed by atoms with E-state index in [1.165, 1.54) is 11.8 Å². The van der Waals surface area contributed by atoms with Gasteiger partial charge in [-0.2, -0.15) is 0 Å². The molecule has 0 spiro atoms. The Hall–Kier alpha value is -3.22. The zero-order valence-corrected chi connectivity index (χ0v) is 15.1. The molecule has 1 aromatic carbocycles. The van der Waals surface area contributed by atoms with Gasteiger partial charge in [0.05, 0.1) is 6.20 Å². The van der Waals surface area contributed by atoms with Crippen LogP contribution in [0, 0.1) is 0 Å². The maximum Gasteiger partial charge on any atom is 0.274 e. The standard InChI is InChI=1S/C20H21N5O2/c1-24-12-17(16-10-15(23-13-26)2-3-19(16)24)14-4-8-25(9-5-14)20(27)18-11-21-6-7-22-18/h2-3,6-7,10-14H,4-5,8-9H2,1H3,(H,23,26). The first-order valence-corrected chi connectivity index (χ1v) is 9.02. The number of rotatable bonds is 4. The van der Waals surface area contributed by atoms with E-state index in [4.69, 9.17) is 0 Å². The van der Waals surface area contributed by atoms with E-state index in [-0.39, 0.29) is 5.91 Å². The lowest BCUT2D eigenvalue weighted by Gasteiger charge is -2.31. The highest BCUT2D eigenvalue weighted by molar-refractivity contribution is 5.92. The van der Waals surface area contributed by atoms with Gasteiger partial charge in [-0.1, -0.05) is 0 Å². The van der Waals surface area contributed by atoms with Crippen LogP contribution in [0.15, 0.2) is 43.0 Å². The Morgan fingerprint density at radius 3 is 2.78 bits per heavy atom. The molecule has 2 aromatic heterocycles. The average molecular weight is 363 g/mol. The average Bonchev–Trinajstić information content (AvgIpc) is 3.04. The molecule has 0 bridgehead atoms. The van der Waals surface area contributed by atoms with Gasteiger partial charge in [0.15, 0.2) is 0 Å². The molecule has 7 nitrogen and oxygen atoms in total. The van der Waals surface area contributed by atoms with E-state index >= 15 is 0 Å². The molecule has 0 saturated carbocycles. The number of carbonyl (C=O) groups excluding carboxylic acids is 2. The van der Waals surface area contributed by atoms with Gasteiger partial charge in [-0.15, -0.1) is 0 Å². The fraction of sp³-hybridized carbons (Fsp3) is 0.300. The maximum absolute atomic E-state index is 12.6. The molecule has 0 atom stereocenters. The highest BCUT2D eigenvalue weighted by Gasteiger charge is 2.27. The van der Waals surface area contributed by atoms with Crippen LogP contribution in [-0.4, -0.2) is 44.8 Å². The first-order chi connectivity index (χ1) is 13.2. The number of anilines is 1. The van der Waals surface area contributed by atoms with E-state index in [1.807, 2.05) is 30.1 Å². The highest BCUT2D eigenvalue weighted by Crippen LogP contribution is 2.35. The fourth-order valence-electron chi connectivity index (χ4n) is 3.87. The second-order valence-corrected chi connectivity index (χ2v) is 6.85. The van der Waals surface area contributed by atoms with Crippen molar-refractivity contribution in [1.29, 1.82) is 0 Å². The fourth-order valence-corrected chi connectivity index (χ4v) is 3.87. The summed E-state index contributed by atoms with van der Waals surface area (Å²) in [6.45, 7) is 1.39. The number of aryl methyl sites for hydroxylation is 1. The number of hydrogen-bond acceptors (Lipinski definition) is 4. The number of likely N-dealkylation sites (tertiary alicyclic amines) is 1. The first-order valence-electron chi connectivity index (χ1n) is 9.02. The minimum absolute atomic E-state index is 0.0584. The Labute approximate surface area is 157 Å². The molecule has 7 heteroatoms. The number of nitrogens with zero attached hydrogens (tertiary/aromatic N) is 4. The molecule has 1 saturated heterocycles. The molecule has 1 N–H and O–H groups in total. The summed E-state index contributed by atoms with van der Waals surface area (Å²) in [5, 5.41) is 3.88. The molecule has 3 aromatic rings. The van der Waals surface area contributed by atoms with Crippen molar-refractivity contribution in [2.24, 2.45) is 7.05 Å². The smallest absolute Gasteiger partial charge is 0.274 e. The summed E-state index contributed by atoms with van der Waals surface area (Å²) in [6, 6.07) is 5.95. The second kappa shape index (κ2) is 7.19. The van der Waals surface area contributed by atoms with Gasteiger partial charge in [0, 0.05) is 55.3 Å². The zero-order chi connectivity index (χ0) is 18.8. The number of nitrogens with one attached hydrogen (secondary N) is 1. The van der Waals surface area contributed by atoms with Crippen LogP contribution in [0.1, 0.15) is 34.8 Å². The molecule has 0 aliphatic carbocycles. The third kappa shape index (κ3) is 3.28. The highest BCUT2D eigenvalue weighted by atomic mass is 16.2. The van der Waals surface area contributed by atoms with E-state index in [2.05, 4.69) is 26.0 Å². The maximum atomic E-state index is 12.6. The van der Waals surface area contributed by atoms with E-state index in [9.17, 15) is 9.59 Å². The molecule has 0 unspecified atom stereocenters. The number of fused-ring (bicyclic) bond motifs is 1. The van der Waals surface area contributed by atoms with Gasteiger partial charge >= 0.3 is 0 Å². The van der Waals surface area contributed by atoms with E-state index in [0.717, 1.165) is 29.4 Å². The zero-order valence-electron chi connectivity index (χ0n) is 15.1. The summed E-state index contributed by atoms with van der Waals surface area (Å²) >= 11 is 0. The first kappa shape index (κ1) is 17.2. The molecular weight excluding hydrogens is 342 g/mol. The molecule has 3 heterocycles. The van der Waals surface area contributed by atoms with Gasteiger partial charge in [0.1, 0.15) is 5.69 Å². The lowest BCUT2D eigenvalue weighted by Crippen LogP contribution is -2.38. The third-order valence-electron chi connectivity index (χ3n) is 5.25. The summed E-state index contributed by atoms with van der Waals surface area (Å²) in [7, 11) is 2.03. The summed E-state index contributed by atoms with van der Waals surface area (Å²) in [5.74, 6) is 0.322. The molecule has 1 aliphatic rings. The van der Waals surface area contributed by atoms with Gasteiger partial charge in [-0.3, -0.25) is 14.6 Å². The third-order valence-corrected chi connectivity index (χ3v) is 5.25. The van der Waals surface area contributed by atoms with Crippen LogP contribution in [0.4, 0.5) is 5.69 Å². The molecule has 1 aliphatic heterocycles. The number of amides is 2. The predicted octanol–water partition coefficient (Wildman–Crippen LogP) is 2.56. The Bertz CT molecular complexity index is 975. The van der Waals surface area contributed by atoms with Crippen LogP contribution in [0.3, 0.4) is 0 Å². The van der Waals surface area contributed by atoms with Crippen LogP contribution < -0.4 is 5.32 Å². The van der Waals surface area contributed by atoms with E-state index in [0.29, 0.717) is 31.1 Å². The SMILES string of the molecule is Cn1cc(C2CCN(C(=O)c3cnccn3)CC2)c2cc(NC=O)ccc21. The van der Waals surface area contributed by atoms with E-state index in [1.54, 1.807) is 12.4 Å². The molecule has 1 fully saturated rings. The number of benzene rings is 1. The van der Waals surface area contributed by atoms with Crippen molar-refractivity contribution in [3.8, 4) is 0 Å². The topological polar surface area (TPSA) is 80.1 Å². The van der Waals surface area contributed by atoms with Crippen LogP contribution in [0.2, 0.25) is 0 Å². The Morgan fingerprint density at radius 2 is 2.07 bits per heavy atom. The van der Waals surface area contributed by atoms with Gasteiger partial charge in [-0.05, 0) is 42.5 Å². The molecular formula is C20H21N5O2. The van der Waals surface area contributed by atoms with Gasteiger partial charge in [0.2, 0.25) is 6.41 Å². The lowest BCUT2D eigenvalue weighted by molar-refractivity contribution is -0.105. The van der Waals surface area contributed by atoms with Crippen molar-refractivity contribution in [2.45, 2.75) is 18.8 Å². The quantitative estimate of drug-likeness (QED) is 0.723. The Balaban J connectivity index is 1.53. The number of hydrogen-bond donors (Lipinski definition) is 1. The largest absolute Gasteiger partial charge is 0.350 e. The van der Waals surface area contributed by atoms with Crippen molar-refractivity contribution in [1.82, 2.24) is 19.4 Å². The molecule has 138 valence electrons. The lowest BCUT2D eigenvalue weighted by atomic mass is 9.89. The van der Waals surface area contributed by atoms with Gasteiger partial charge in [-0.25, -0.2) is 4.98 Å². The number of carbonyl (C=O) groups is 2. The predicted molar refractivity (Wildman–Crippen MR) is 103 cm³/mol. The summed E-state index contributed by atoms with van der Waals surface area (Å²) in [6.07, 6.45) is 9.28. The summed E-state index contributed by atoms with van der Waals surface area (Å²) in [4.78, 5) is 33.3. The minimum atomic E-state index is -0.0584. The van der Waals surface area contributed by atoms with Crippen LogP contribution >= 0.6 is 0 Å². The van der Waals surface area contributed by atoms with Crippen molar-refractivity contribution < 1.29 is 9.59 Å². The Morgan fingerprint density at radius 1 is 1.26 bits per heavy atom. The Kier molecular flexibility index (Phi) is 4.58. The van der Waals surface area contributed by atoms with Crippen molar-refractivity contribution in [2.75, 3.05) is 18.4 Å². The van der Waals surface area contributed by atoms with Crippen LogP contribution in [0.25, 0.3) is 10.9 Å². The van der Waals surface area contributed by atoms with Crippen molar-refractivity contribution in [3.63, 3.8) is 0 Å². The second-order valence-electron chi connectivity index (χ2n) is 6.85. The molecule has 4 rings (SSSR count). The minimum Gasteiger partial charge on any atom is -0.350 e. The van der Waals surface area contributed by atoms with Crippen molar-refractivity contribution in [3.05, 3.63) is 54.2 Å². The number of piperidine rings is 1. The summed E-state index contributed by atoms with van der Waals surface area (Å²) in [5.41, 5.74) is 3.60. The van der Waals surface area contributed by atoms with Crippen LogP contribution in [0.5, 0.6) is 0 Å². The van der Waals surface area contributed by atoms with Gasteiger partial charge in [0.25, 0.3) is 5.91 Å².